The molecule has 22 heavy (non-hydrogen) atoms. The van der Waals surface area contributed by atoms with Crippen molar-refractivity contribution in [3.63, 3.8) is 0 Å². The fourth-order valence-corrected chi connectivity index (χ4v) is 1.59. The van der Waals surface area contributed by atoms with Gasteiger partial charge in [0.1, 0.15) is 17.7 Å². The zero-order valence-electron chi connectivity index (χ0n) is 14.1. The number of hydrogen-bond donors (Lipinski definition) is 1. The molecule has 2 amide bonds. The number of esters is 1. The van der Waals surface area contributed by atoms with E-state index in [1.165, 1.54) is 14.0 Å². The first-order chi connectivity index (χ1) is 9.90. The van der Waals surface area contributed by atoms with Crippen LogP contribution in [0.1, 0.15) is 41.5 Å². The molecular weight excluding hydrogens is 312 g/mol. The lowest BCUT2D eigenvalue weighted by atomic mass is 10.0. The molecule has 0 aromatic rings. The summed E-state index contributed by atoms with van der Waals surface area (Å²) in [5.74, 6) is -1.31. The number of methoxy groups -OCH3 is 1. The predicted molar refractivity (Wildman–Crippen MR) is 82.2 cm³/mol. The van der Waals surface area contributed by atoms with Crippen molar-refractivity contribution in [1.82, 2.24) is 9.74 Å². The predicted octanol–water partition coefficient (Wildman–Crippen LogP) is 2.08. The molecule has 7 nitrogen and oxygen atoms in total. The minimum Gasteiger partial charge on any atom is -0.467 e. The van der Waals surface area contributed by atoms with E-state index in [2.05, 4.69) is 10.1 Å². The highest BCUT2D eigenvalue weighted by Crippen LogP contribution is 2.14. The van der Waals surface area contributed by atoms with Gasteiger partial charge in [0.05, 0.1) is 7.11 Å². The Hall–Kier alpha value is -1.50. The summed E-state index contributed by atoms with van der Waals surface area (Å²) in [6.07, 6.45) is -0.837. The van der Waals surface area contributed by atoms with Gasteiger partial charge in [0, 0.05) is 11.8 Å². The van der Waals surface area contributed by atoms with E-state index >= 15 is 0 Å². The van der Waals surface area contributed by atoms with Crippen LogP contribution in [0.25, 0.3) is 0 Å². The molecule has 0 aromatic heterocycles. The van der Waals surface area contributed by atoms with Crippen LogP contribution in [0.2, 0.25) is 0 Å². The van der Waals surface area contributed by atoms with Crippen molar-refractivity contribution in [2.75, 3.05) is 7.11 Å². The van der Waals surface area contributed by atoms with Gasteiger partial charge < -0.3 is 14.8 Å². The first-order valence-corrected chi connectivity index (χ1v) is 7.30. The van der Waals surface area contributed by atoms with Gasteiger partial charge in [-0.05, 0) is 33.6 Å². The molecule has 0 aliphatic heterocycles. The van der Waals surface area contributed by atoms with E-state index in [0.717, 1.165) is 0 Å². The molecule has 0 spiro atoms. The molecule has 0 radical (unpaired) electrons. The number of carbonyl (C=O) groups is 3. The van der Waals surface area contributed by atoms with Gasteiger partial charge in [-0.2, -0.15) is 0 Å². The molecule has 128 valence electrons. The van der Waals surface area contributed by atoms with Crippen molar-refractivity contribution in [3.8, 4) is 0 Å². The van der Waals surface area contributed by atoms with Gasteiger partial charge in [-0.25, -0.2) is 14.0 Å². The van der Waals surface area contributed by atoms with Gasteiger partial charge in [0.15, 0.2) is 0 Å². The Bertz CT molecular complexity index is 420. The van der Waals surface area contributed by atoms with Crippen molar-refractivity contribution in [2.24, 2.45) is 5.92 Å². The molecule has 0 saturated heterocycles. The van der Waals surface area contributed by atoms with E-state index in [1.807, 2.05) is 0 Å². The van der Waals surface area contributed by atoms with E-state index in [1.54, 1.807) is 34.6 Å². The van der Waals surface area contributed by atoms with Crippen LogP contribution in [-0.4, -0.2) is 47.2 Å². The Balaban J connectivity index is 4.83. The number of halogens is 1. The second-order valence-corrected chi connectivity index (χ2v) is 6.59. The first kappa shape index (κ1) is 20.5. The second kappa shape index (κ2) is 8.22. The molecule has 0 aliphatic rings. The van der Waals surface area contributed by atoms with E-state index in [4.69, 9.17) is 16.5 Å². The number of nitrogens with zero attached hydrogens (tertiary/aromatic N) is 1. The van der Waals surface area contributed by atoms with Gasteiger partial charge in [0.2, 0.25) is 5.91 Å². The van der Waals surface area contributed by atoms with Crippen LogP contribution >= 0.6 is 11.8 Å². The molecule has 0 aliphatic carbocycles. The van der Waals surface area contributed by atoms with Crippen LogP contribution in [-0.2, 0) is 19.1 Å². The summed E-state index contributed by atoms with van der Waals surface area (Å²) < 4.78 is 10.4. The molecule has 0 saturated carbocycles. The van der Waals surface area contributed by atoms with Gasteiger partial charge in [-0.15, -0.1) is 0 Å². The number of hydrogen-bond acceptors (Lipinski definition) is 5. The maximum atomic E-state index is 12.1. The highest BCUT2D eigenvalue weighted by atomic mass is 35.5. The highest BCUT2D eigenvalue weighted by molar-refractivity contribution is 6.22. The van der Waals surface area contributed by atoms with Crippen molar-refractivity contribution in [3.05, 3.63) is 0 Å². The summed E-state index contributed by atoms with van der Waals surface area (Å²) in [5.41, 5.74) is -0.729. The number of ether oxygens (including phenoxy) is 2. The Morgan fingerprint density at radius 3 is 2.00 bits per heavy atom. The summed E-state index contributed by atoms with van der Waals surface area (Å²) in [7, 11) is 1.24. The fourth-order valence-electron chi connectivity index (χ4n) is 1.47. The van der Waals surface area contributed by atoms with Crippen molar-refractivity contribution in [1.29, 1.82) is 0 Å². The zero-order valence-corrected chi connectivity index (χ0v) is 14.9. The second-order valence-electron chi connectivity index (χ2n) is 6.22. The summed E-state index contributed by atoms with van der Waals surface area (Å²) in [4.78, 5) is 35.6. The highest BCUT2D eigenvalue weighted by Gasteiger charge is 2.32. The lowest BCUT2D eigenvalue weighted by Crippen LogP contribution is -2.52. The maximum absolute atomic E-state index is 12.1. The smallest absolute Gasteiger partial charge is 0.425 e. The molecule has 8 heteroatoms. The van der Waals surface area contributed by atoms with Crippen molar-refractivity contribution < 1.29 is 23.9 Å². The van der Waals surface area contributed by atoms with E-state index in [9.17, 15) is 14.4 Å². The molecule has 0 heterocycles. The van der Waals surface area contributed by atoms with Gasteiger partial charge in [-0.3, -0.25) is 4.79 Å². The van der Waals surface area contributed by atoms with Crippen LogP contribution in [0.3, 0.4) is 0 Å². The molecule has 0 aromatic carbocycles. The van der Waals surface area contributed by atoms with E-state index in [0.29, 0.717) is 4.42 Å². The van der Waals surface area contributed by atoms with Gasteiger partial charge in [0.25, 0.3) is 0 Å². The van der Waals surface area contributed by atoms with Crippen molar-refractivity contribution in [2.45, 2.75) is 59.2 Å². The summed E-state index contributed by atoms with van der Waals surface area (Å²) in [6.45, 7) is 10.0. The zero-order chi connectivity index (χ0) is 17.7. The standard InChI is InChI=1S/C14H25ClN2O5/c1-8(2)10(12(19)21-7)16-11(18)9(3)17(15)13(20)22-14(4,5)6/h8-10H,1-7H3,(H,16,18)/t9-,10+/m0/s1. The Labute approximate surface area is 136 Å². The van der Waals surface area contributed by atoms with Crippen LogP contribution in [0.5, 0.6) is 0 Å². The van der Waals surface area contributed by atoms with E-state index < -0.39 is 35.7 Å². The topological polar surface area (TPSA) is 84.9 Å². The monoisotopic (exact) mass is 336 g/mol. The average Bonchev–Trinajstić information content (AvgIpc) is 2.39. The largest absolute Gasteiger partial charge is 0.467 e. The van der Waals surface area contributed by atoms with Gasteiger partial charge in [-0.1, -0.05) is 13.8 Å². The van der Waals surface area contributed by atoms with E-state index in [-0.39, 0.29) is 5.92 Å². The normalized spacial score (nSPS) is 14.0. The molecule has 0 fully saturated rings. The molecular formula is C14H25ClN2O5. The minimum atomic E-state index is -1.01. The van der Waals surface area contributed by atoms with Crippen LogP contribution < -0.4 is 5.32 Å². The summed E-state index contributed by atoms with van der Waals surface area (Å²) in [6, 6.07) is -1.83. The molecule has 0 rings (SSSR count). The Morgan fingerprint density at radius 2 is 1.64 bits per heavy atom. The third-order valence-corrected chi connectivity index (χ3v) is 3.14. The number of carbonyl (C=O) groups excluding carboxylic acids is 3. The quantitative estimate of drug-likeness (QED) is 0.613. The van der Waals surface area contributed by atoms with Crippen LogP contribution in [0, 0.1) is 5.92 Å². The lowest BCUT2D eigenvalue weighted by Gasteiger charge is -2.27. The van der Waals surface area contributed by atoms with Gasteiger partial charge >= 0.3 is 12.1 Å². The fraction of sp³-hybridized carbons (Fsp3) is 0.786. The molecule has 0 bridgehead atoms. The molecule has 1 N–H and O–H groups in total. The first-order valence-electron chi connectivity index (χ1n) is 6.97. The van der Waals surface area contributed by atoms with Crippen LogP contribution in [0.15, 0.2) is 0 Å². The lowest BCUT2D eigenvalue weighted by molar-refractivity contribution is -0.146. The number of rotatable bonds is 5. The Morgan fingerprint density at radius 1 is 1.14 bits per heavy atom. The Kier molecular flexibility index (Phi) is 7.66. The number of nitrogens with one attached hydrogen (secondary N) is 1. The average molecular weight is 337 g/mol. The number of amides is 2. The SMILES string of the molecule is COC(=O)[C@H](NC(=O)[C@H](C)N(Cl)C(=O)OC(C)(C)C)C(C)C. The van der Waals surface area contributed by atoms with Crippen LogP contribution in [0.4, 0.5) is 4.79 Å². The molecule has 2 atom stereocenters. The van der Waals surface area contributed by atoms with Crippen molar-refractivity contribution >= 4 is 29.7 Å². The summed E-state index contributed by atoms with van der Waals surface area (Å²) in [5, 5.41) is 2.52. The minimum absolute atomic E-state index is 0.172. The maximum Gasteiger partial charge on any atom is 0.425 e. The third-order valence-electron chi connectivity index (χ3n) is 2.71. The summed E-state index contributed by atoms with van der Waals surface area (Å²) >= 11 is 5.84. The third kappa shape index (κ3) is 6.51. The molecule has 0 unspecified atom stereocenters.